The fraction of sp³-hybridized carbons (Fsp3) is 0.474. The summed E-state index contributed by atoms with van der Waals surface area (Å²) < 4.78 is 5.72. The average molecular weight is 422 g/mol. The van der Waals surface area contributed by atoms with E-state index in [0.29, 0.717) is 12.2 Å². The molecule has 0 unspecified atom stereocenters. The first-order valence-corrected chi connectivity index (χ1v) is 9.50. The van der Waals surface area contributed by atoms with E-state index >= 15 is 0 Å². The molecular weight excluding hydrogens is 398 g/mol. The number of aromatic nitrogens is 1. The number of fused-ring (bicyclic) bond motifs is 1. The first-order chi connectivity index (χ1) is 12.3. The van der Waals surface area contributed by atoms with Crippen LogP contribution in [0.4, 0.5) is 5.69 Å². The number of hydrogen-bond donors (Lipinski definition) is 2. The molecule has 1 fully saturated rings. The maximum Gasteiger partial charge on any atom is 0.356 e. The van der Waals surface area contributed by atoms with Crippen LogP contribution in [0.1, 0.15) is 37.2 Å². The minimum absolute atomic E-state index is 0.131. The summed E-state index contributed by atoms with van der Waals surface area (Å²) in [6, 6.07) is 5.61. The van der Waals surface area contributed by atoms with Crippen LogP contribution >= 0.6 is 15.9 Å². The van der Waals surface area contributed by atoms with Gasteiger partial charge in [0.2, 0.25) is 5.91 Å². The molecule has 0 saturated carbocycles. The summed E-state index contributed by atoms with van der Waals surface area (Å²) in [5.74, 6) is -0.638. The number of likely N-dealkylation sites (tertiary alicyclic amines) is 1. The molecule has 1 aliphatic heterocycles. The number of carbonyl (C=O) groups excluding carboxylic acids is 2. The number of rotatable bonds is 4. The van der Waals surface area contributed by atoms with Crippen molar-refractivity contribution in [2.75, 3.05) is 32.1 Å². The molecule has 2 heterocycles. The molecule has 1 saturated heterocycles. The number of hydrogen-bond acceptors (Lipinski definition) is 4. The van der Waals surface area contributed by atoms with E-state index in [2.05, 4.69) is 45.0 Å². The Labute approximate surface area is 161 Å². The van der Waals surface area contributed by atoms with Crippen LogP contribution in [-0.4, -0.2) is 48.5 Å². The number of aromatic amines is 1. The van der Waals surface area contributed by atoms with Gasteiger partial charge >= 0.3 is 5.97 Å². The summed E-state index contributed by atoms with van der Waals surface area (Å²) in [6.45, 7) is 6.57. The van der Waals surface area contributed by atoms with E-state index in [-0.39, 0.29) is 17.0 Å². The number of piperidine rings is 1. The smallest absolute Gasteiger partial charge is 0.356 e. The molecule has 1 aromatic carbocycles. The van der Waals surface area contributed by atoms with Gasteiger partial charge in [-0.3, -0.25) is 9.69 Å². The minimum Gasteiger partial charge on any atom is -0.464 e. The third-order valence-electron chi connectivity index (χ3n) is 4.76. The maximum absolute atomic E-state index is 12.7. The van der Waals surface area contributed by atoms with Crippen LogP contribution in [0.25, 0.3) is 10.9 Å². The van der Waals surface area contributed by atoms with Gasteiger partial charge in [-0.2, -0.15) is 0 Å². The number of halogens is 1. The van der Waals surface area contributed by atoms with Crippen LogP contribution in [0.3, 0.4) is 0 Å². The summed E-state index contributed by atoms with van der Waals surface area (Å²) >= 11 is 3.44. The molecule has 0 spiro atoms. The molecule has 0 aliphatic carbocycles. The second-order valence-electron chi connectivity index (χ2n) is 7.58. The van der Waals surface area contributed by atoms with E-state index in [0.717, 1.165) is 34.9 Å². The zero-order valence-corrected chi connectivity index (χ0v) is 16.9. The highest BCUT2D eigenvalue weighted by Gasteiger charge is 2.28. The standard InChI is InChI=1S/C19H24BrN3O3/c1-19(2)7-4-8-23(11-19)10-15(24)22-16-13-9-12(20)5-6-14(13)21-17(16)18(25)26-3/h5-6,9,21H,4,7-8,10-11H2,1-3H3,(H,22,24). The van der Waals surface area contributed by atoms with E-state index < -0.39 is 5.97 Å². The van der Waals surface area contributed by atoms with Crippen LogP contribution in [-0.2, 0) is 9.53 Å². The van der Waals surface area contributed by atoms with Crippen molar-refractivity contribution in [1.29, 1.82) is 0 Å². The van der Waals surface area contributed by atoms with Crippen molar-refractivity contribution in [3.05, 3.63) is 28.4 Å². The van der Waals surface area contributed by atoms with Gasteiger partial charge in [-0.25, -0.2) is 4.79 Å². The molecule has 1 aliphatic rings. The lowest BCUT2D eigenvalue weighted by molar-refractivity contribution is -0.118. The molecule has 0 radical (unpaired) electrons. The number of esters is 1. The van der Waals surface area contributed by atoms with Crippen molar-refractivity contribution in [3.8, 4) is 0 Å². The summed E-state index contributed by atoms with van der Waals surface area (Å²) in [6.07, 6.45) is 2.27. The van der Waals surface area contributed by atoms with Gasteiger partial charge in [0, 0.05) is 21.9 Å². The van der Waals surface area contributed by atoms with Gasteiger partial charge in [-0.05, 0) is 43.0 Å². The van der Waals surface area contributed by atoms with E-state index in [9.17, 15) is 9.59 Å². The fourth-order valence-electron chi connectivity index (χ4n) is 3.61. The van der Waals surface area contributed by atoms with E-state index in [4.69, 9.17) is 4.74 Å². The molecule has 6 nitrogen and oxygen atoms in total. The Morgan fingerprint density at radius 2 is 2.15 bits per heavy atom. The number of benzene rings is 1. The van der Waals surface area contributed by atoms with Gasteiger partial charge in [0.25, 0.3) is 0 Å². The zero-order chi connectivity index (χ0) is 18.9. The third kappa shape index (κ3) is 4.10. The Hall–Kier alpha value is -1.86. The third-order valence-corrected chi connectivity index (χ3v) is 5.25. The molecule has 140 valence electrons. The maximum atomic E-state index is 12.7. The van der Waals surface area contributed by atoms with Crippen molar-refractivity contribution < 1.29 is 14.3 Å². The molecule has 1 aromatic heterocycles. The SMILES string of the molecule is COC(=O)c1[nH]c2ccc(Br)cc2c1NC(=O)CN1CCCC(C)(C)C1. The molecule has 0 bridgehead atoms. The summed E-state index contributed by atoms with van der Waals surface area (Å²) in [5, 5.41) is 3.69. The Morgan fingerprint density at radius 1 is 1.38 bits per heavy atom. The van der Waals surface area contributed by atoms with Crippen molar-refractivity contribution in [2.24, 2.45) is 5.41 Å². The first-order valence-electron chi connectivity index (χ1n) is 8.71. The first kappa shape index (κ1) is 18.9. The number of nitrogens with zero attached hydrogens (tertiary/aromatic N) is 1. The number of anilines is 1. The van der Waals surface area contributed by atoms with Gasteiger partial charge in [-0.15, -0.1) is 0 Å². The Morgan fingerprint density at radius 3 is 2.85 bits per heavy atom. The van der Waals surface area contributed by atoms with E-state index in [1.807, 2.05) is 18.2 Å². The number of carbonyl (C=O) groups is 2. The second-order valence-corrected chi connectivity index (χ2v) is 8.50. The highest BCUT2D eigenvalue weighted by molar-refractivity contribution is 9.10. The molecule has 2 aromatic rings. The molecule has 2 N–H and O–H groups in total. The Balaban J connectivity index is 1.83. The quantitative estimate of drug-likeness (QED) is 0.736. The van der Waals surface area contributed by atoms with Crippen LogP contribution in [0.5, 0.6) is 0 Å². The van der Waals surface area contributed by atoms with Crippen molar-refractivity contribution in [2.45, 2.75) is 26.7 Å². The van der Waals surface area contributed by atoms with Gasteiger partial charge in [0.05, 0.1) is 19.3 Å². The molecule has 0 atom stereocenters. The molecule has 1 amide bonds. The van der Waals surface area contributed by atoms with E-state index in [1.54, 1.807) is 0 Å². The predicted octanol–water partition coefficient (Wildman–Crippen LogP) is 3.78. The average Bonchev–Trinajstić information content (AvgIpc) is 2.91. The number of amides is 1. The van der Waals surface area contributed by atoms with Crippen molar-refractivity contribution >= 4 is 44.4 Å². The van der Waals surface area contributed by atoms with Crippen LogP contribution in [0.15, 0.2) is 22.7 Å². The zero-order valence-electron chi connectivity index (χ0n) is 15.3. The molecule has 26 heavy (non-hydrogen) atoms. The van der Waals surface area contributed by atoms with Gasteiger partial charge in [0.1, 0.15) is 5.69 Å². The summed E-state index contributed by atoms with van der Waals surface area (Å²) in [7, 11) is 1.32. The summed E-state index contributed by atoms with van der Waals surface area (Å²) in [4.78, 5) is 30.0. The highest BCUT2D eigenvalue weighted by atomic mass is 79.9. The largest absolute Gasteiger partial charge is 0.464 e. The summed E-state index contributed by atoms with van der Waals surface area (Å²) in [5.41, 5.74) is 1.71. The fourth-order valence-corrected chi connectivity index (χ4v) is 3.97. The minimum atomic E-state index is -0.508. The van der Waals surface area contributed by atoms with Crippen LogP contribution < -0.4 is 5.32 Å². The topological polar surface area (TPSA) is 74.4 Å². The lowest BCUT2D eigenvalue weighted by atomic mass is 9.84. The lowest BCUT2D eigenvalue weighted by Crippen LogP contribution is -2.43. The number of nitrogens with one attached hydrogen (secondary N) is 2. The van der Waals surface area contributed by atoms with Crippen LogP contribution in [0.2, 0.25) is 0 Å². The van der Waals surface area contributed by atoms with Crippen molar-refractivity contribution in [3.63, 3.8) is 0 Å². The molecule has 3 rings (SSSR count). The lowest BCUT2D eigenvalue weighted by Gasteiger charge is -2.37. The monoisotopic (exact) mass is 421 g/mol. The number of methoxy groups -OCH3 is 1. The number of H-pyrrole nitrogens is 1. The van der Waals surface area contributed by atoms with Gasteiger partial charge < -0.3 is 15.0 Å². The van der Waals surface area contributed by atoms with E-state index in [1.165, 1.54) is 13.5 Å². The normalized spacial score (nSPS) is 17.2. The predicted molar refractivity (Wildman–Crippen MR) is 105 cm³/mol. The van der Waals surface area contributed by atoms with Gasteiger partial charge in [-0.1, -0.05) is 29.8 Å². The molecular formula is C19H24BrN3O3. The Kier molecular flexibility index (Phi) is 5.39. The van der Waals surface area contributed by atoms with Crippen molar-refractivity contribution in [1.82, 2.24) is 9.88 Å². The van der Waals surface area contributed by atoms with Gasteiger partial charge in [0.15, 0.2) is 0 Å². The second kappa shape index (κ2) is 7.40. The highest BCUT2D eigenvalue weighted by Crippen LogP contribution is 2.31. The van der Waals surface area contributed by atoms with Crippen LogP contribution in [0, 0.1) is 5.41 Å². The Bertz CT molecular complexity index is 844. The number of ether oxygens (including phenoxy) is 1. The molecule has 7 heteroatoms.